The van der Waals surface area contributed by atoms with E-state index in [0.717, 1.165) is 13.0 Å². The Morgan fingerprint density at radius 1 is 1.62 bits per heavy atom. The third-order valence-corrected chi connectivity index (χ3v) is 2.76. The Morgan fingerprint density at radius 2 is 2.54 bits per heavy atom. The number of rotatable bonds is 1. The number of nitrogens with one attached hydrogen (secondary N) is 1. The van der Waals surface area contributed by atoms with Crippen LogP contribution in [0.15, 0.2) is 16.9 Å². The topological polar surface area (TPSA) is 33.6 Å². The average molecular weight is 180 g/mol. The highest BCUT2D eigenvalue weighted by molar-refractivity contribution is 5.89. The van der Waals surface area contributed by atoms with Gasteiger partial charge in [0.25, 0.3) is 0 Å². The lowest BCUT2D eigenvalue weighted by atomic mass is 9.84. The summed E-state index contributed by atoms with van der Waals surface area (Å²) in [6, 6.07) is 0. The van der Waals surface area contributed by atoms with Crippen molar-refractivity contribution in [2.45, 2.75) is 25.7 Å². The van der Waals surface area contributed by atoms with Gasteiger partial charge in [-0.25, -0.2) is 0 Å². The first-order valence-corrected chi connectivity index (χ1v) is 4.95. The molecule has 0 saturated carbocycles. The molecule has 3 nitrogen and oxygen atoms in total. The van der Waals surface area contributed by atoms with Crippen LogP contribution in [0.1, 0.15) is 25.7 Å². The number of fused-ring (bicyclic) bond motifs is 1. The van der Waals surface area contributed by atoms with E-state index in [1.807, 2.05) is 0 Å². The van der Waals surface area contributed by atoms with Crippen molar-refractivity contribution in [3.05, 3.63) is 11.8 Å². The molecule has 72 valence electrons. The van der Waals surface area contributed by atoms with E-state index >= 15 is 0 Å². The normalized spacial score (nSPS) is 30.4. The Morgan fingerprint density at radius 3 is 3.38 bits per heavy atom. The molecule has 0 aromatic heterocycles. The highest BCUT2D eigenvalue weighted by Gasteiger charge is 2.26. The molecule has 1 saturated heterocycles. The van der Waals surface area contributed by atoms with Crippen molar-refractivity contribution in [1.29, 1.82) is 0 Å². The van der Waals surface area contributed by atoms with E-state index in [4.69, 9.17) is 4.84 Å². The first-order valence-electron chi connectivity index (χ1n) is 4.95. The van der Waals surface area contributed by atoms with Crippen LogP contribution < -0.4 is 5.32 Å². The lowest BCUT2D eigenvalue weighted by Crippen LogP contribution is -2.36. The lowest BCUT2D eigenvalue weighted by Gasteiger charge is -2.30. The molecule has 0 radical (unpaired) electrons. The van der Waals surface area contributed by atoms with Crippen molar-refractivity contribution < 1.29 is 4.84 Å². The Balaban J connectivity index is 2.17. The zero-order valence-corrected chi connectivity index (χ0v) is 8.05. The molecule has 2 rings (SSSR count). The molecule has 1 aliphatic heterocycles. The number of hydrogen-bond acceptors (Lipinski definition) is 3. The second kappa shape index (κ2) is 3.81. The van der Waals surface area contributed by atoms with Gasteiger partial charge in [0.2, 0.25) is 0 Å². The predicted molar refractivity (Wildman–Crippen MR) is 52.5 cm³/mol. The van der Waals surface area contributed by atoms with Crippen LogP contribution in [0.4, 0.5) is 0 Å². The van der Waals surface area contributed by atoms with Gasteiger partial charge in [0.15, 0.2) is 0 Å². The molecule has 1 atom stereocenters. The summed E-state index contributed by atoms with van der Waals surface area (Å²) in [4.78, 5) is 4.86. The van der Waals surface area contributed by atoms with E-state index in [-0.39, 0.29) is 0 Å². The van der Waals surface area contributed by atoms with E-state index in [9.17, 15) is 0 Å². The maximum atomic E-state index is 4.86. The summed E-state index contributed by atoms with van der Waals surface area (Å²) in [6.45, 7) is 1.00. The number of piperidine rings is 1. The Hall–Kier alpha value is -0.990. The highest BCUT2D eigenvalue weighted by atomic mass is 16.6. The number of oxime groups is 1. The molecule has 1 N–H and O–H groups in total. The first kappa shape index (κ1) is 8.60. The van der Waals surface area contributed by atoms with Crippen molar-refractivity contribution in [3.63, 3.8) is 0 Å². The molecular weight excluding hydrogens is 164 g/mol. The van der Waals surface area contributed by atoms with E-state index < -0.39 is 0 Å². The molecule has 3 heteroatoms. The zero-order chi connectivity index (χ0) is 9.10. The van der Waals surface area contributed by atoms with E-state index in [1.54, 1.807) is 7.11 Å². The standard InChI is InChI=1S/C10H16N2O/c1-13-12-10-6-7-11-9-5-3-2-4-8(9)10/h5,8,11H,2-4,6-7H2,1H3/b12-10+. The van der Waals surface area contributed by atoms with Gasteiger partial charge in [0.05, 0.1) is 5.71 Å². The molecule has 0 bridgehead atoms. The minimum Gasteiger partial charge on any atom is -0.399 e. The molecule has 0 amide bonds. The zero-order valence-electron chi connectivity index (χ0n) is 8.05. The molecule has 13 heavy (non-hydrogen) atoms. The monoisotopic (exact) mass is 180 g/mol. The summed E-state index contributed by atoms with van der Waals surface area (Å²) in [5.74, 6) is 0.516. The van der Waals surface area contributed by atoms with Crippen LogP contribution in [-0.4, -0.2) is 19.4 Å². The fourth-order valence-corrected chi connectivity index (χ4v) is 2.15. The maximum Gasteiger partial charge on any atom is 0.106 e. The number of allylic oxidation sites excluding steroid dienone is 2. The van der Waals surface area contributed by atoms with Crippen molar-refractivity contribution in [1.82, 2.24) is 5.32 Å². The van der Waals surface area contributed by atoms with Gasteiger partial charge in [-0.2, -0.15) is 0 Å². The molecule has 1 heterocycles. The van der Waals surface area contributed by atoms with Crippen LogP contribution in [0, 0.1) is 5.92 Å². The van der Waals surface area contributed by atoms with Gasteiger partial charge in [-0.1, -0.05) is 11.2 Å². The van der Waals surface area contributed by atoms with Crippen LogP contribution in [0.2, 0.25) is 0 Å². The molecule has 0 aromatic rings. The number of nitrogens with zero attached hydrogens (tertiary/aromatic N) is 1. The summed E-state index contributed by atoms with van der Waals surface area (Å²) in [5.41, 5.74) is 2.58. The van der Waals surface area contributed by atoms with Crippen molar-refractivity contribution in [3.8, 4) is 0 Å². The fraction of sp³-hybridized carbons (Fsp3) is 0.700. The SMILES string of the molecule is CO/N=C1\CCNC2=CCCCC21. The van der Waals surface area contributed by atoms with Crippen molar-refractivity contribution in [2.24, 2.45) is 11.1 Å². The van der Waals surface area contributed by atoms with Crippen LogP contribution in [-0.2, 0) is 4.84 Å². The van der Waals surface area contributed by atoms with Gasteiger partial charge in [-0.05, 0) is 19.3 Å². The van der Waals surface area contributed by atoms with Crippen LogP contribution in [0.25, 0.3) is 0 Å². The van der Waals surface area contributed by atoms with Crippen LogP contribution >= 0.6 is 0 Å². The number of hydrogen-bond donors (Lipinski definition) is 1. The smallest absolute Gasteiger partial charge is 0.106 e. The van der Waals surface area contributed by atoms with Gasteiger partial charge in [0, 0.05) is 24.6 Å². The van der Waals surface area contributed by atoms with Gasteiger partial charge >= 0.3 is 0 Å². The lowest BCUT2D eigenvalue weighted by molar-refractivity contribution is 0.209. The molecule has 1 fully saturated rings. The predicted octanol–water partition coefficient (Wildman–Crippen LogP) is 1.67. The van der Waals surface area contributed by atoms with Gasteiger partial charge < -0.3 is 10.2 Å². The fourth-order valence-electron chi connectivity index (χ4n) is 2.15. The minimum atomic E-state index is 0.516. The molecular formula is C10H16N2O. The van der Waals surface area contributed by atoms with Gasteiger partial charge in [0.1, 0.15) is 7.11 Å². The Bertz CT molecular complexity index is 245. The minimum absolute atomic E-state index is 0.516. The quantitative estimate of drug-likeness (QED) is 0.623. The summed E-state index contributed by atoms with van der Waals surface area (Å²) in [5, 5.41) is 7.54. The van der Waals surface area contributed by atoms with Gasteiger partial charge in [-0.3, -0.25) is 0 Å². The van der Waals surface area contributed by atoms with E-state index in [0.29, 0.717) is 5.92 Å². The molecule has 0 aromatic carbocycles. The first-order chi connectivity index (χ1) is 6.42. The highest BCUT2D eigenvalue weighted by Crippen LogP contribution is 2.28. The maximum absolute atomic E-state index is 4.86. The average Bonchev–Trinajstić information content (AvgIpc) is 2.19. The summed E-state index contributed by atoms with van der Waals surface area (Å²) < 4.78 is 0. The van der Waals surface area contributed by atoms with Crippen LogP contribution in [0.5, 0.6) is 0 Å². The molecule has 1 unspecified atom stereocenters. The third kappa shape index (κ3) is 1.69. The van der Waals surface area contributed by atoms with Gasteiger partial charge in [-0.15, -0.1) is 0 Å². The second-order valence-corrected chi connectivity index (χ2v) is 3.58. The largest absolute Gasteiger partial charge is 0.399 e. The summed E-state index contributed by atoms with van der Waals surface area (Å²) in [6.07, 6.45) is 7.03. The molecule has 1 aliphatic carbocycles. The molecule has 0 spiro atoms. The molecule has 2 aliphatic rings. The second-order valence-electron chi connectivity index (χ2n) is 3.58. The Kier molecular flexibility index (Phi) is 2.52. The van der Waals surface area contributed by atoms with E-state index in [1.165, 1.54) is 30.7 Å². The van der Waals surface area contributed by atoms with Crippen molar-refractivity contribution in [2.75, 3.05) is 13.7 Å². The van der Waals surface area contributed by atoms with E-state index in [2.05, 4.69) is 16.5 Å². The van der Waals surface area contributed by atoms with Crippen LogP contribution in [0.3, 0.4) is 0 Å². The Labute approximate surface area is 78.8 Å². The van der Waals surface area contributed by atoms with Crippen molar-refractivity contribution >= 4 is 5.71 Å². The summed E-state index contributed by atoms with van der Waals surface area (Å²) >= 11 is 0. The summed E-state index contributed by atoms with van der Waals surface area (Å²) in [7, 11) is 1.63. The third-order valence-electron chi connectivity index (χ3n) is 2.76.